The number of benzene rings is 1. The van der Waals surface area contributed by atoms with E-state index in [-0.39, 0.29) is 11.1 Å². The summed E-state index contributed by atoms with van der Waals surface area (Å²) in [7, 11) is 0. The summed E-state index contributed by atoms with van der Waals surface area (Å²) in [6.07, 6.45) is 6.95. The Morgan fingerprint density at radius 1 is 1.10 bits per heavy atom. The van der Waals surface area contributed by atoms with Gasteiger partial charge in [0.2, 0.25) is 0 Å². The summed E-state index contributed by atoms with van der Waals surface area (Å²) in [6.45, 7) is 2.26. The summed E-state index contributed by atoms with van der Waals surface area (Å²) in [5.74, 6) is 1.49. The summed E-state index contributed by atoms with van der Waals surface area (Å²) in [6, 6.07) is 11.1. The SMILES string of the molecule is CC(NC12CC3CC(CC(O)(C3)C1)C2)c1ccccc1. The largest absolute Gasteiger partial charge is 0.390 e. The molecule has 4 aliphatic rings. The molecule has 3 unspecified atom stereocenters. The van der Waals surface area contributed by atoms with Gasteiger partial charge in [-0.1, -0.05) is 30.3 Å². The second kappa shape index (κ2) is 4.32. The number of aliphatic hydroxyl groups is 1. The van der Waals surface area contributed by atoms with Crippen molar-refractivity contribution in [3.05, 3.63) is 35.9 Å². The molecule has 0 amide bonds. The van der Waals surface area contributed by atoms with Gasteiger partial charge in [-0.3, -0.25) is 0 Å². The third kappa shape index (κ3) is 2.10. The Morgan fingerprint density at radius 3 is 2.35 bits per heavy atom. The second-order valence-corrected chi connectivity index (χ2v) is 7.74. The average Bonchev–Trinajstić information content (AvgIpc) is 2.36. The van der Waals surface area contributed by atoms with E-state index in [0.29, 0.717) is 6.04 Å². The maximum absolute atomic E-state index is 10.8. The van der Waals surface area contributed by atoms with Crippen molar-refractivity contribution in [3.63, 3.8) is 0 Å². The van der Waals surface area contributed by atoms with Gasteiger partial charge in [0.15, 0.2) is 0 Å². The first-order chi connectivity index (χ1) is 9.56. The maximum atomic E-state index is 10.8. The molecule has 1 aromatic rings. The van der Waals surface area contributed by atoms with E-state index in [4.69, 9.17) is 0 Å². The van der Waals surface area contributed by atoms with Crippen LogP contribution in [0.4, 0.5) is 0 Å². The standard InChI is InChI=1S/C18H25NO/c1-13(16-5-3-2-4-6-16)19-17-8-14-7-15(9-17)11-18(20,10-14)12-17/h2-6,13-15,19-20H,7-12H2,1H3. The van der Waals surface area contributed by atoms with Crippen molar-refractivity contribution < 1.29 is 5.11 Å². The lowest BCUT2D eigenvalue weighted by Crippen LogP contribution is -2.64. The fourth-order valence-electron chi connectivity index (χ4n) is 5.67. The molecule has 1 aromatic carbocycles. The molecule has 4 aliphatic carbocycles. The zero-order valence-corrected chi connectivity index (χ0v) is 12.3. The third-order valence-electron chi connectivity index (χ3n) is 5.85. The monoisotopic (exact) mass is 271 g/mol. The molecular formula is C18H25NO. The Morgan fingerprint density at radius 2 is 1.75 bits per heavy atom. The molecule has 3 atom stereocenters. The van der Waals surface area contributed by atoms with Crippen molar-refractivity contribution in [2.45, 2.75) is 62.6 Å². The molecule has 0 saturated heterocycles. The first kappa shape index (κ1) is 12.8. The van der Waals surface area contributed by atoms with Crippen LogP contribution in [0.2, 0.25) is 0 Å². The molecule has 108 valence electrons. The van der Waals surface area contributed by atoms with Crippen LogP contribution in [0.15, 0.2) is 30.3 Å². The van der Waals surface area contributed by atoms with Gasteiger partial charge in [-0.2, -0.15) is 0 Å². The predicted octanol–water partition coefficient (Wildman–Crippen LogP) is 3.42. The molecule has 2 heteroatoms. The highest BCUT2D eigenvalue weighted by atomic mass is 16.3. The summed E-state index contributed by atoms with van der Waals surface area (Å²) in [5.41, 5.74) is 1.18. The van der Waals surface area contributed by atoms with Crippen molar-refractivity contribution >= 4 is 0 Å². The Balaban J connectivity index is 1.56. The van der Waals surface area contributed by atoms with E-state index in [9.17, 15) is 5.11 Å². The molecule has 0 radical (unpaired) electrons. The van der Waals surface area contributed by atoms with Crippen LogP contribution in [0.5, 0.6) is 0 Å². The minimum Gasteiger partial charge on any atom is -0.390 e. The minimum absolute atomic E-state index is 0.189. The highest BCUT2D eigenvalue weighted by molar-refractivity contribution is 5.20. The van der Waals surface area contributed by atoms with E-state index in [1.807, 2.05) is 0 Å². The molecule has 5 rings (SSSR count). The Kier molecular flexibility index (Phi) is 2.77. The van der Waals surface area contributed by atoms with Gasteiger partial charge in [-0.05, 0) is 62.8 Å². The first-order valence-electron chi connectivity index (χ1n) is 8.11. The van der Waals surface area contributed by atoms with Gasteiger partial charge in [0.1, 0.15) is 0 Å². The molecule has 0 heterocycles. The lowest BCUT2D eigenvalue weighted by atomic mass is 9.51. The van der Waals surface area contributed by atoms with Crippen LogP contribution in [-0.4, -0.2) is 16.2 Å². The van der Waals surface area contributed by atoms with E-state index in [1.54, 1.807) is 0 Å². The van der Waals surface area contributed by atoms with Gasteiger partial charge in [-0.25, -0.2) is 0 Å². The molecule has 20 heavy (non-hydrogen) atoms. The van der Waals surface area contributed by atoms with Crippen molar-refractivity contribution in [1.29, 1.82) is 0 Å². The highest BCUT2D eigenvalue weighted by Gasteiger charge is 2.57. The normalized spacial score (nSPS) is 43.7. The van der Waals surface area contributed by atoms with E-state index in [1.165, 1.54) is 24.8 Å². The van der Waals surface area contributed by atoms with Crippen molar-refractivity contribution in [2.24, 2.45) is 11.8 Å². The fourth-order valence-corrected chi connectivity index (χ4v) is 5.67. The zero-order chi connectivity index (χ0) is 13.8. The van der Waals surface area contributed by atoms with Crippen LogP contribution in [0.3, 0.4) is 0 Å². The molecule has 2 nitrogen and oxygen atoms in total. The summed E-state index contributed by atoms with van der Waals surface area (Å²) >= 11 is 0. The quantitative estimate of drug-likeness (QED) is 0.883. The predicted molar refractivity (Wildman–Crippen MR) is 80.4 cm³/mol. The van der Waals surface area contributed by atoms with Crippen LogP contribution in [0, 0.1) is 11.8 Å². The molecule has 4 fully saturated rings. The van der Waals surface area contributed by atoms with E-state index in [0.717, 1.165) is 31.1 Å². The summed E-state index contributed by atoms with van der Waals surface area (Å²) in [4.78, 5) is 0. The van der Waals surface area contributed by atoms with Gasteiger partial charge in [0, 0.05) is 11.6 Å². The van der Waals surface area contributed by atoms with Crippen molar-refractivity contribution in [1.82, 2.24) is 5.32 Å². The summed E-state index contributed by atoms with van der Waals surface area (Å²) < 4.78 is 0. The minimum atomic E-state index is -0.368. The Bertz CT molecular complexity index is 483. The molecule has 2 N–H and O–H groups in total. The second-order valence-electron chi connectivity index (χ2n) is 7.74. The topological polar surface area (TPSA) is 32.3 Å². The van der Waals surface area contributed by atoms with Crippen molar-refractivity contribution in [3.8, 4) is 0 Å². The van der Waals surface area contributed by atoms with Crippen LogP contribution < -0.4 is 5.32 Å². The van der Waals surface area contributed by atoms with E-state index >= 15 is 0 Å². The fraction of sp³-hybridized carbons (Fsp3) is 0.667. The Labute approximate surface area is 121 Å². The van der Waals surface area contributed by atoms with E-state index in [2.05, 4.69) is 42.6 Å². The molecule has 0 aliphatic heterocycles. The van der Waals surface area contributed by atoms with Gasteiger partial charge >= 0.3 is 0 Å². The average molecular weight is 271 g/mol. The van der Waals surface area contributed by atoms with Gasteiger partial charge in [0.25, 0.3) is 0 Å². The first-order valence-corrected chi connectivity index (χ1v) is 8.11. The smallest absolute Gasteiger partial charge is 0.0670 e. The van der Waals surface area contributed by atoms with Crippen LogP contribution in [-0.2, 0) is 0 Å². The van der Waals surface area contributed by atoms with Gasteiger partial charge in [-0.15, -0.1) is 0 Å². The highest BCUT2D eigenvalue weighted by Crippen LogP contribution is 2.57. The maximum Gasteiger partial charge on any atom is 0.0670 e. The summed E-state index contributed by atoms with van der Waals surface area (Å²) in [5, 5.41) is 14.7. The lowest BCUT2D eigenvalue weighted by Gasteiger charge is -2.61. The lowest BCUT2D eigenvalue weighted by molar-refractivity contribution is -0.144. The molecule has 4 saturated carbocycles. The molecule has 0 aromatic heterocycles. The Hall–Kier alpha value is -0.860. The molecule has 0 spiro atoms. The van der Waals surface area contributed by atoms with Gasteiger partial charge in [0.05, 0.1) is 5.60 Å². The van der Waals surface area contributed by atoms with Gasteiger partial charge < -0.3 is 10.4 Å². The third-order valence-corrected chi connectivity index (χ3v) is 5.85. The number of hydrogen-bond donors (Lipinski definition) is 2. The van der Waals surface area contributed by atoms with Crippen LogP contribution in [0.25, 0.3) is 0 Å². The number of rotatable bonds is 3. The van der Waals surface area contributed by atoms with Crippen molar-refractivity contribution in [2.75, 3.05) is 0 Å². The molecule has 4 bridgehead atoms. The number of hydrogen-bond acceptors (Lipinski definition) is 2. The molecular weight excluding hydrogens is 246 g/mol. The van der Waals surface area contributed by atoms with Crippen LogP contribution >= 0.6 is 0 Å². The van der Waals surface area contributed by atoms with Crippen LogP contribution in [0.1, 0.15) is 57.1 Å². The van der Waals surface area contributed by atoms with E-state index < -0.39 is 0 Å². The number of nitrogens with one attached hydrogen (secondary N) is 1. The zero-order valence-electron chi connectivity index (χ0n) is 12.3.